The van der Waals surface area contributed by atoms with Gasteiger partial charge in [-0.15, -0.1) is 0 Å². The lowest BCUT2D eigenvalue weighted by atomic mass is 10.0. The maximum Gasteiger partial charge on any atom is 0.161 e. The lowest BCUT2D eigenvalue weighted by Crippen LogP contribution is -2.35. The first-order valence-electron chi connectivity index (χ1n) is 7.19. The minimum absolute atomic E-state index is 0.199. The highest BCUT2D eigenvalue weighted by Crippen LogP contribution is 2.33. The first-order chi connectivity index (χ1) is 10.1. The largest absolute Gasteiger partial charge is 0.493 e. The molecule has 2 heterocycles. The summed E-state index contributed by atoms with van der Waals surface area (Å²) < 4.78 is 12.8. The molecule has 1 aromatic heterocycles. The first-order valence-corrected chi connectivity index (χ1v) is 7.19. The molecule has 1 aliphatic heterocycles. The van der Waals surface area contributed by atoms with Gasteiger partial charge in [0.25, 0.3) is 0 Å². The van der Waals surface area contributed by atoms with Crippen molar-refractivity contribution >= 4 is 0 Å². The molecule has 0 saturated heterocycles. The summed E-state index contributed by atoms with van der Waals surface area (Å²) in [4.78, 5) is 4.75. The summed E-state index contributed by atoms with van der Waals surface area (Å²) in [5, 5.41) is 0. The van der Waals surface area contributed by atoms with Crippen LogP contribution in [0.15, 0.2) is 24.4 Å². The van der Waals surface area contributed by atoms with Gasteiger partial charge < -0.3 is 19.8 Å². The quantitative estimate of drug-likeness (QED) is 0.941. The minimum Gasteiger partial charge on any atom is -0.493 e. The van der Waals surface area contributed by atoms with E-state index in [1.165, 1.54) is 0 Å². The number of hydrogen-bond donors (Lipinski definition) is 1. The molecule has 0 amide bonds. The number of aryl methyl sites for hydroxylation is 1. The van der Waals surface area contributed by atoms with Crippen LogP contribution in [0.1, 0.15) is 25.2 Å². The molecule has 2 atom stereocenters. The van der Waals surface area contributed by atoms with Crippen molar-refractivity contribution in [3.63, 3.8) is 0 Å². The Morgan fingerprint density at radius 1 is 1.24 bits per heavy atom. The number of fused-ring (bicyclic) bond motifs is 1. The van der Waals surface area contributed by atoms with Crippen LogP contribution in [-0.2, 0) is 6.42 Å². The summed E-state index contributed by atoms with van der Waals surface area (Å²) in [6, 6.07) is 6.35. The second-order valence-corrected chi connectivity index (χ2v) is 5.46. The average molecular weight is 287 g/mol. The second-order valence-electron chi connectivity index (χ2n) is 5.46. The van der Waals surface area contributed by atoms with Gasteiger partial charge in [-0.25, -0.2) is 4.98 Å². The van der Waals surface area contributed by atoms with E-state index in [-0.39, 0.29) is 12.1 Å². The molecule has 0 bridgehead atoms. The van der Waals surface area contributed by atoms with E-state index < -0.39 is 0 Å². The lowest BCUT2D eigenvalue weighted by molar-refractivity contribution is 0.355. The first kappa shape index (κ1) is 13.9. The molecule has 21 heavy (non-hydrogen) atoms. The molecular weight excluding hydrogens is 266 g/mol. The van der Waals surface area contributed by atoms with Crippen molar-refractivity contribution in [1.29, 1.82) is 0 Å². The van der Waals surface area contributed by atoms with E-state index in [4.69, 9.17) is 20.2 Å². The summed E-state index contributed by atoms with van der Waals surface area (Å²) in [5.41, 5.74) is 8.11. The molecule has 112 valence electrons. The molecule has 5 heteroatoms. The highest BCUT2D eigenvalue weighted by molar-refractivity contribution is 5.63. The highest BCUT2D eigenvalue weighted by atomic mass is 16.5. The lowest BCUT2D eigenvalue weighted by Gasteiger charge is -2.27. The number of imidazole rings is 1. The summed E-state index contributed by atoms with van der Waals surface area (Å²) >= 11 is 0. The van der Waals surface area contributed by atoms with Crippen LogP contribution in [0.25, 0.3) is 11.3 Å². The van der Waals surface area contributed by atoms with Gasteiger partial charge in [0.1, 0.15) is 5.82 Å². The summed E-state index contributed by atoms with van der Waals surface area (Å²) in [7, 11) is 3.27. The Morgan fingerprint density at radius 2 is 2.00 bits per heavy atom. The Kier molecular flexibility index (Phi) is 3.59. The van der Waals surface area contributed by atoms with Gasteiger partial charge >= 0.3 is 0 Å². The topological polar surface area (TPSA) is 62.3 Å². The van der Waals surface area contributed by atoms with E-state index in [1.54, 1.807) is 14.2 Å². The zero-order valence-electron chi connectivity index (χ0n) is 12.7. The molecule has 2 aromatic rings. The fourth-order valence-corrected chi connectivity index (χ4v) is 2.85. The number of ether oxygens (including phenoxy) is 2. The fraction of sp³-hybridized carbons (Fsp3) is 0.438. The van der Waals surface area contributed by atoms with Crippen molar-refractivity contribution in [3.05, 3.63) is 30.2 Å². The van der Waals surface area contributed by atoms with Gasteiger partial charge in [0.15, 0.2) is 11.5 Å². The minimum atomic E-state index is 0.199. The third kappa shape index (κ3) is 2.38. The maximum atomic E-state index is 6.14. The van der Waals surface area contributed by atoms with Crippen molar-refractivity contribution in [2.75, 3.05) is 14.2 Å². The Hall–Kier alpha value is -2.01. The van der Waals surface area contributed by atoms with Gasteiger partial charge in [0, 0.05) is 30.3 Å². The molecule has 0 saturated carbocycles. The van der Waals surface area contributed by atoms with Gasteiger partial charge in [-0.3, -0.25) is 0 Å². The van der Waals surface area contributed by atoms with Crippen LogP contribution in [0.4, 0.5) is 0 Å². The van der Waals surface area contributed by atoms with Crippen molar-refractivity contribution in [3.8, 4) is 22.8 Å². The van der Waals surface area contributed by atoms with Gasteiger partial charge in [-0.2, -0.15) is 0 Å². The van der Waals surface area contributed by atoms with E-state index in [2.05, 4.69) is 17.7 Å². The van der Waals surface area contributed by atoms with Crippen molar-refractivity contribution in [2.24, 2.45) is 5.73 Å². The van der Waals surface area contributed by atoms with Crippen molar-refractivity contribution in [2.45, 2.75) is 31.8 Å². The van der Waals surface area contributed by atoms with Gasteiger partial charge in [-0.05, 0) is 31.5 Å². The Bertz CT molecular complexity index is 651. The fourth-order valence-electron chi connectivity index (χ4n) is 2.85. The number of nitrogens with zero attached hydrogens (tertiary/aromatic N) is 2. The zero-order valence-corrected chi connectivity index (χ0v) is 12.7. The van der Waals surface area contributed by atoms with Crippen LogP contribution < -0.4 is 15.2 Å². The predicted molar refractivity (Wildman–Crippen MR) is 81.8 cm³/mol. The van der Waals surface area contributed by atoms with Crippen LogP contribution in [0.3, 0.4) is 0 Å². The normalized spacial score (nSPS) is 21.0. The van der Waals surface area contributed by atoms with Crippen LogP contribution in [0.2, 0.25) is 0 Å². The molecule has 2 unspecified atom stereocenters. The third-order valence-corrected chi connectivity index (χ3v) is 4.25. The average Bonchev–Trinajstić information content (AvgIpc) is 2.95. The Balaban J connectivity index is 2.00. The van der Waals surface area contributed by atoms with Gasteiger partial charge in [0.2, 0.25) is 0 Å². The number of nitrogens with two attached hydrogens (primary N) is 1. The summed E-state index contributed by atoms with van der Waals surface area (Å²) in [5.74, 6) is 2.54. The molecule has 0 fully saturated rings. The van der Waals surface area contributed by atoms with Crippen molar-refractivity contribution < 1.29 is 9.47 Å². The zero-order chi connectivity index (χ0) is 15.0. The molecule has 5 nitrogen and oxygen atoms in total. The van der Waals surface area contributed by atoms with E-state index in [0.717, 1.165) is 35.7 Å². The monoisotopic (exact) mass is 287 g/mol. The van der Waals surface area contributed by atoms with Crippen LogP contribution in [0.5, 0.6) is 11.5 Å². The molecule has 1 aromatic carbocycles. The van der Waals surface area contributed by atoms with Crippen LogP contribution >= 0.6 is 0 Å². The smallest absolute Gasteiger partial charge is 0.161 e. The van der Waals surface area contributed by atoms with Crippen LogP contribution in [-0.4, -0.2) is 29.8 Å². The number of benzene rings is 1. The second kappa shape index (κ2) is 5.41. The molecule has 0 radical (unpaired) electrons. The molecule has 0 aliphatic carbocycles. The molecule has 3 rings (SSSR count). The van der Waals surface area contributed by atoms with E-state index in [0.29, 0.717) is 5.75 Å². The highest BCUT2D eigenvalue weighted by Gasteiger charge is 2.24. The molecule has 1 aliphatic rings. The third-order valence-electron chi connectivity index (χ3n) is 4.25. The summed E-state index contributed by atoms with van der Waals surface area (Å²) in [6.45, 7) is 2.15. The number of hydrogen-bond acceptors (Lipinski definition) is 4. The molecule has 0 spiro atoms. The number of methoxy groups -OCH3 is 2. The van der Waals surface area contributed by atoms with Gasteiger partial charge in [-0.1, -0.05) is 0 Å². The summed E-state index contributed by atoms with van der Waals surface area (Å²) in [6.07, 6.45) is 4.00. The van der Waals surface area contributed by atoms with Crippen molar-refractivity contribution in [1.82, 2.24) is 9.55 Å². The predicted octanol–water partition coefficient (Wildman–Crippen LogP) is 2.40. The Morgan fingerprint density at radius 3 is 2.71 bits per heavy atom. The van der Waals surface area contributed by atoms with E-state index in [9.17, 15) is 0 Å². The number of aromatic nitrogens is 2. The molecule has 2 N–H and O–H groups in total. The maximum absolute atomic E-state index is 6.14. The van der Waals surface area contributed by atoms with Crippen LogP contribution in [0, 0.1) is 0 Å². The SMILES string of the molecule is COc1ccc(-c2cn3c(n2)CCC(N)C3C)cc1OC. The van der Waals surface area contributed by atoms with Gasteiger partial charge in [0.05, 0.1) is 19.9 Å². The molecular formula is C16H21N3O2. The van der Waals surface area contributed by atoms with E-state index in [1.807, 2.05) is 18.2 Å². The van der Waals surface area contributed by atoms with E-state index >= 15 is 0 Å². The number of rotatable bonds is 3. The Labute approximate surface area is 124 Å². The standard InChI is InChI=1S/C16H21N3O2/c1-10-12(17)5-7-16-18-13(9-19(10)16)11-4-6-14(20-2)15(8-11)21-3/h4,6,8-10,12H,5,7,17H2,1-3H3.